The van der Waals surface area contributed by atoms with Crippen LogP contribution in [0, 0.1) is 6.92 Å². The Morgan fingerprint density at radius 2 is 1.91 bits per heavy atom. The summed E-state index contributed by atoms with van der Waals surface area (Å²) in [6, 6.07) is 13.3. The molecule has 33 heavy (non-hydrogen) atoms. The molecule has 3 rings (SSSR count). The van der Waals surface area contributed by atoms with Crippen molar-refractivity contribution >= 4 is 17.5 Å². The molecule has 9 heteroatoms. The van der Waals surface area contributed by atoms with Crippen LogP contribution in [0.4, 0.5) is 0 Å². The van der Waals surface area contributed by atoms with Crippen molar-refractivity contribution in [3.05, 3.63) is 75.0 Å². The van der Waals surface area contributed by atoms with E-state index in [1.165, 1.54) is 16.8 Å². The largest absolute Gasteiger partial charge is 0.497 e. The van der Waals surface area contributed by atoms with Crippen LogP contribution >= 0.6 is 11.6 Å². The lowest BCUT2D eigenvalue weighted by Gasteiger charge is -2.18. The van der Waals surface area contributed by atoms with E-state index < -0.39 is 6.10 Å². The molecule has 1 heterocycles. The number of hydrogen-bond donors (Lipinski definition) is 1. The first-order chi connectivity index (χ1) is 15.9. The van der Waals surface area contributed by atoms with E-state index in [2.05, 4.69) is 10.4 Å². The predicted molar refractivity (Wildman–Crippen MR) is 126 cm³/mol. The molecule has 1 amide bonds. The first-order valence-corrected chi connectivity index (χ1v) is 10.8. The molecular weight excluding hydrogens is 446 g/mol. The van der Waals surface area contributed by atoms with E-state index >= 15 is 0 Å². The second kappa shape index (κ2) is 10.9. The third kappa shape index (κ3) is 5.84. The molecule has 0 saturated carbocycles. The van der Waals surface area contributed by atoms with Crippen LogP contribution in [0.2, 0.25) is 5.02 Å². The van der Waals surface area contributed by atoms with Gasteiger partial charge in [0.25, 0.3) is 11.5 Å². The Hall–Kier alpha value is -3.52. The Morgan fingerprint density at radius 3 is 2.61 bits per heavy atom. The van der Waals surface area contributed by atoms with Gasteiger partial charge in [0.05, 0.1) is 19.9 Å². The molecule has 0 saturated heterocycles. The second-order valence-electron chi connectivity index (χ2n) is 7.26. The number of carbonyl (C=O) groups is 1. The average Bonchev–Trinajstić information content (AvgIpc) is 2.83. The average molecular weight is 472 g/mol. The number of carbonyl (C=O) groups excluding carboxylic acids is 1. The molecule has 0 bridgehead atoms. The van der Waals surface area contributed by atoms with Crippen LogP contribution in [-0.2, 0) is 11.3 Å². The predicted octanol–water partition coefficient (Wildman–Crippen LogP) is 3.69. The number of methoxy groups -OCH3 is 2. The smallest absolute Gasteiger partial charge is 0.271 e. The lowest BCUT2D eigenvalue weighted by atomic mass is 10.1. The van der Waals surface area contributed by atoms with E-state index in [-0.39, 0.29) is 23.9 Å². The molecule has 8 nitrogen and oxygen atoms in total. The van der Waals surface area contributed by atoms with Gasteiger partial charge in [0.1, 0.15) is 11.5 Å². The zero-order chi connectivity index (χ0) is 24.0. The van der Waals surface area contributed by atoms with Crippen molar-refractivity contribution in [3.8, 4) is 23.1 Å². The van der Waals surface area contributed by atoms with Gasteiger partial charge in [0.2, 0.25) is 5.88 Å². The van der Waals surface area contributed by atoms with Gasteiger partial charge >= 0.3 is 0 Å². The van der Waals surface area contributed by atoms with E-state index in [0.29, 0.717) is 28.6 Å². The van der Waals surface area contributed by atoms with E-state index in [1.54, 1.807) is 44.6 Å². The Bertz CT molecular complexity index is 1190. The quantitative estimate of drug-likeness (QED) is 0.511. The van der Waals surface area contributed by atoms with Crippen molar-refractivity contribution in [1.82, 2.24) is 15.1 Å². The number of nitrogens with zero attached hydrogens (tertiary/aromatic N) is 2. The Kier molecular flexibility index (Phi) is 7.95. The maximum absolute atomic E-state index is 12.8. The topological polar surface area (TPSA) is 91.7 Å². The highest BCUT2D eigenvalue weighted by Gasteiger charge is 2.20. The first kappa shape index (κ1) is 24.1. The summed E-state index contributed by atoms with van der Waals surface area (Å²) in [5.74, 6) is 1.11. The molecule has 0 spiro atoms. The van der Waals surface area contributed by atoms with Crippen LogP contribution in [0.3, 0.4) is 0 Å². The molecule has 0 radical (unpaired) electrons. The van der Waals surface area contributed by atoms with Crippen molar-refractivity contribution in [2.75, 3.05) is 14.2 Å². The SMILES string of the molecule is CCC(Oc1ccc(=O)n(-c2cc(Cl)ccc2C)n1)C(=O)NCc1ccc(OC)cc1OC. The molecule has 174 valence electrons. The zero-order valence-corrected chi connectivity index (χ0v) is 19.7. The third-order valence-corrected chi connectivity index (χ3v) is 5.28. The highest BCUT2D eigenvalue weighted by Crippen LogP contribution is 2.24. The van der Waals surface area contributed by atoms with Gasteiger partial charge in [-0.3, -0.25) is 9.59 Å². The van der Waals surface area contributed by atoms with Gasteiger partial charge in [0.15, 0.2) is 6.10 Å². The van der Waals surface area contributed by atoms with Gasteiger partial charge in [-0.05, 0) is 43.2 Å². The van der Waals surface area contributed by atoms with Gasteiger partial charge < -0.3 is 19.5 Å². The number of nitrogens with one attached hydrogen (secondary N) is 1. The van der Waals surface area contributed by atoms with Crippen LogP contribution in [0.15, 0.2) is 53.3 Å². The molecule has 0 aliphatic carbocycles. The van der Waals surface area contributed by atoms with Crippen LogP contribution in [-0.4, -0.2) is 36.0 Å². The highest BCUT2D eigenvalue weighted by atomic mass is 35.5. The first-order valence-electron chi connectivity index (χ1n) is 10.4. The number of ether oxygens (including phenoxy) is 3. The van der Waals surface area contributed by atoms with Crippen molar-refractivity contribution in [2.24, 2.45) is 0 Å². The fourth-order valence-electron chi connectivity index (χ4n) is 3.20. The molecule has 0 aliphatic rings. The van der Waals surface area contributed by atoms with E-state index in [0.717, 1.165) is 11.1 Å². The van der Waals surface area contributed by atoms with Gasteiger partial charge in [0, 0.05) is 35.3 Å². The number of rotatable bonds is 9. The normalized spacial score (nSPS) is 11.5. The van der Waals surface area contributed by atoms with Gasteiger partial charge in [-0.1, -0.05) is 24.6 Å². The molecule has 1 aromatic heterocycles. The van der Waals surface area contributed by atoms with Gasteiger partial charge in [-0.15, -0.1) is 5.10 Å². The number of aryl methyl sites for hydroxylation is 1. The van der Waals surface area contributed by atoms with Crippen LogP contribution in [0.1, 0.15) is 24.5 Å². The molecule has 0 fully saturated rings. The fraction of sp³-hybridized carbons (Fsp3) is 0.292. The van der Waals surface area contributed by atoms with Crippen molar-refractivity contribution in [2.45, 2.75) is 32.9 Å². The maximum atomic E-state index is 12.8. The number of hydrogen-bond acceptors (Lipinski definition) is 6. The number of halogens is 1. The summed E-state index contributed by atoms with van der Waals surface area (Å²) in [5, 5.41) is 7.63. The summed E-state index contributed by atoms with van der Waals surface area (Å²) in [5.41, 5.74) is 1.83. The number of benzene rings is 2. The van der Waals surface area contributed by atoms with Gasteiger partial charge in [-0.2, -0.15) is 4.68 Å². The fourth-order valence-corrected chi connectivity index (χ4v) is 3.37. The second-order valence-corrected chi connectivity index (χ2v) is 7.70. The summed E-state index contributed by atoms with van der Waals surface area (Å²) in [7, 11) is 3.13. The minimum absolute atomic E-state index is 0.151. The summed E-state index contributed by atoms with van der Waals surface area (Å²) in [6.07, 6.45) is -0.393. The van der Waals surface area contributed by atoms with E-state index in [4.69, 9.17) is 25.8 Å². The van der Waals surface area contributed by atoms with Crippen LogP contribution < -0.4 is 25.1 Å². The van der Waals surface area contributed by atoms with Gasteiger partial charge in [-0.25, -0.2) is 0 Å². The van der Waals surface area contributed by atoms with Crippen LogP contribution in [0.25, 0.3) is 5.69 Å². The number of amides is 1. The monoisotopic (exact) mass is 471 g/mol. The minimum atomic E-state index is -0.798. The highest BCUT2D eigenvalue weighted by molar-refractivity contribution is 6.30. The number of aromatic nitrogens is 2. The maximum Gasteiger partial charge on any atom is 0.271 e. The molecule has 3 aromatic rings. The van der Waals surface area contributed by atoms with E-state index in [9.17, 15) is 9.59 Å². The summed E-state index contributed by atoms with van der Waals surface area (Å²) >= 11 is 6.09. The molecule has 1 N–H and O–H groups in total. The van der Waals surface area contributed by atoms with E-state index in [1.807, 2.05) is 19.9 Å². The Morgan fingerprint density at radius 1 is 1.12 bits per heavy atom. The standard InChI is InChI=1S/C24H26ClN3O5/c1-5-20(24(30)26-14-16-7-9-18(31-3)13-21(16)32-4)33-22-10-11-23(29)28(27-22)19-12-17(25)8-6-15(19)2/h6-13,20H,5,14H2,1-4H3,(H,26,30). The molecular formula is C24H26ClN3O5. The lowest BCUT2D eigenvalue weighted by molar-refractivity contribution is -0.128. The summed E-state index contributed by atoms with van der Waals surface area (Å²) < 4.78 is 17.6. The summed E-state index contributed by atoms with van der Waals surface area (Å²) in [6.45, 7) is 3.93. The Labute approximate surface area is 197 Å². The van der Waals surface area contributed by atoms with Crippen molar-refractivity contribution in [1.29, 1.82) is 0 Å². The van der Waals surface area contributed by atoms with Crippen molar-refractivity contribution < 1.29 is 19.0 Å². The summed E-state index contributed by atoms with van der Waals surface area (Å²) in [4.78, 5) is 25.2. The van der Waals surface area contributed by atoms with Crippen molar-refractivity contribution in [3.63, 3.8) is 0 Å². The molecule has 1 atom stereocenters. The molecule has 0 aliphatic heterocycles. The molecule has 1 unspecified atom stereocenters. The lowest BCUT2D eigenvalue weighted by Crippen LogP contribution is -2.38. The van der Waals surface area contributed by atoms with Crippen LogP contribution in [0.5, 0.6) is 17.4 Å². The third-order valence-electron chi connectivity index (χ3n) is 5.05. The molecule has 2 aromatic carbocycles. The zero-order valence-electron chi connectivity index (χ0n) is 18.9. The Balaban J connectivity index is 1.75. The minimum Gasteiger partial charge on any atom is -0.497 e.